The number of rotatable bonds is 2. The second-order valence-corrected chi connectivity index (χ2v) is 8.99. The summed E-state index contributed by atoms with van der Waals surface area (Å²) in [5.41, 5.74) is 1.56. The molecule has 0 spiro atoms. The highest BCUT2D eigenvalue weighted by molar-refractivity contribution is 5.66. The summed E-state index contributed by atoms with van der Waals surface area (Å²) < 4.78 is 5.73. The number of hydrogen-bond donors (Lipinski definition) is 2. The molecule has 0 aliphatic heterocycles. The van der Waals surface area contributed by atoms with E-state index in [0.717, 1.165) is 25.7 Å². The lowest BCUT2D eigenvalue weighted by molar-refractivity contribution is -0.172. The molecule has 6 atom stereocenters. The van der Waals surface area contributed by atoms with Crippen LogP contribution in [0.15, 0.2) is 18.2 Å². The smallest absolute Gasteiger partial charge is 0.303 e. The molecule has 0 aromatic heterocycles. The average Bonchev–Trinajstić information content (AvgIpc) is 2.83. The van der Waals surface area contributed by atoms with E-state index in [-0.39, 0.29) is 11.4 Å². The van der Waals surface area contributed by atoms with Crippen LogP contribution in [0.3, 0.4) is 0 Å². The molecule has 4 heteroatoms. The monoisotopic (exact) mass is 358 g/mol. The third-order valence-electron chi connectivity index (χ3n) is 7.70. The number of hydrogen-bond acceptors (Lipinski definition) is 4. The number of aromatic hydroxyl groups is 1. The van der Waals surface area contributed by atoms with Gasteiger partial charge in [-0.1, -0.05) is 19.9 Å². The minimum atomic E-state index is -0.921. The average molecular weight is 358 g/mol. The lowest BCUT2D eigenvalue weighted by Gasteiger charge is -2.50. The molecule has 142 valence electrons. The Morgan fingerprint density at radius 1 is 1.35 bits per heavy atom. The first-order valence-electron chi connectivity index (χ1n) is 10.00. The van der Waals surface area contributed by atoms with E-state index in [1.54, 1.807) is 6.07 Å². The van der Waals surface area contributed by atoms with Crippen molar-refractivity contribution in [1.29, 1.82) is 0 Å². The van der Waals surface area contributed by atoms with Crippen LogP contribution in [0, 0.1) is 17.3 Å². The summed E-state index contributed by atoms with van der Waals surface area (Å²) >= 11 is 0. The summed E-state index contributed by atoms with van der Waals surface area (Å²) in [6, 6.07) is 5.81. The first-order chi connectivity index (χ1) is 12.3. The molecule has 0 amide bonds. The molecule has 2 fully saturated rings. The highest BCUT2D eigenvalue weighted by atomic mass is 16.6. The first-order valence-corrected chi connectivity index (χ1v) is 10.00. The van der Waals surface area contributed by atoms with Crippen LogP contribution >= 0.6 is 0 Å². The Bertz CT molecular complexity index is 729. The molecule has 0 radical (unpaired) electrons. The number of benzene rings is 1. The maximum Gasteiger partial charge on any atom is 0.303 e. The van der Waals surface area contributed by atoms with Gasteiger partial charge in [0.1, 0.15) is 17.5 Å². The van der Waals surface area contributed by atoms with Crippen molar-refractivity contribution in [2.24, 2.45) is 17.3 Å². The molecule has 3 aliphatic rings. The highest BCUT2D eigenvalue weighted by Gasteiger charge is 2.64. The molecule has 1 aromatic carbocycles. The van der Waals surface area contributed by atoms with Gasteiger partial charge in [0.05, 0.1) is 0 Å². The maximum absolute atomic E-state index is 11.7. The molecular formula is C22H30O4. The highest BCUT2D eigenvalue weighted by Crippen LogP contribution is 2.64. The van der Waals surface area contributed by atoms with Crippen molar-refractivity contribution in [3.8, 4) is 5.75 Å². The van der Waals surface area contributed by atoms with E-state index in [0.29, 0.717) is 36.3 Å². The zero-order valence-electron chi connectivity index (χ0n) is 16.0. The molecular weight excluding hydrogens is 328 g/mol. The molecule has 1 aromatic rings. The second-order valence-electron chi connectivity index (χ2n) is 8.99. The van der Waals surface area contributed by atoms with Crippen molar-refractivity contribution in [2.45, 2.75) is 76.9 Å². The van der Waals surface area contributed by atoms with Gasteiger partial charge >= 0.3 is 5.97 Å². The molecule has 2 saturated carbocycles. The minimum Gasteiger partial charge on any atom is -0.508 e. The number of esters is 1. The first kappa shape index (κ1) is 17.8. The molecule has 1 unspecified atom stereocenters. The van der Waals surface area contributed by atoms with Crippen LogP contribution in [0.4, 0.5) is 0 Å². The van der Waals surface area contributed by atoms with E-state index in [4.69, 9.17) is 4.74 Å². The third-order valence-corrected chi connectivity index (χ3v) is 7.70. The van der Waals surface area contributed by atoms with Crippen molar-refractivity contribution < 1.29 is 19.7 Å². The van der Waals surface area contributed by atoms with E-state index in [2.05, 4.69) is 13.0 Å². The summed E-state index contributed by atoms with van der Waals surface area (Å²) in [5, 5.41) is 21.1. The van der Waals surface area contributed by atoms with Gasteiger partial charge in [-0.3, -0.25) is 4.79 Å². The number of aliphatic hydroxyl groups is 1. The lowest BCUT2D eigenvalue weighted by Crippen LogP contribution is -2.49. The SMILES string of the molecule is CCC1(O)C[C@H]2[C@@H]3CCc4cc(O)ccc4[C@H]3CC[C@]2(C)[C@H]1OC(C)=O. The lowest BCUT2D eigenvalue weighted by atomic mass is 9.55. The van der Waals surface area contributed by atoms with E-state index < -0.39 is 11.7 Å². The van der Waals surface area contributed by atoms with Gasteiger partial charge in [0.15, 0.2) is 0 Å². The van der Waals surface area contributed by atoms with Crippen LogP contribution in [0.2, 0.25) is 0 Å². The van der Waals surface area contributed by atoms with Crippen molar-refractivity contribution in [3.63, 3.8) is 0 Å². The number of phenolic OH excluding ortho intramolecular Hbond substituents is 1. The van der Waals surface area contributed by atoms with Crippen LogP contribution < -0.4 is 0 Å². The zero-order valence-corrected chi connectivity index (χ0v) is 16.0. The Morgan fingerprint density at radius 3 is 2.81 bits per heavy atom. The van der Waals surface area contributed by atoms with E-state index >= 15 is 0 Å². The van der Waals surface area contributed by atoms with Gasteiger partial charge in [0.25, 0.3) is 0 Å². The molecule has 26 heavy (non-hydrogen) atoms. The quantitative estimate of drug-likeness (QED) is 0.786. The van der Waals surface area contributed by atoms with Gasteiger partial charge in [-0.15, -0.1) is 0 Å². The van der Waals surface area contributed by atoms with Crippen LogP contribution in [-0.2, 0) is 16.0 Å². The van der Waals surface area contributed by atoms with E-state index in [1.165, 1.54) is 18.1 Å². The molecule has 2 N–H and O–H groups in total. The number of carbonyl (C=O) groups excluding carboxylic acids is 1. The summed E-state index contributed by atoms with van der Waals surface area (Å²) in [4.78, 5) is 11.7. The topological polar surface area (TPSA) is 66.8 Å². The number of phenols is 1. The number of fused-ring (bicyclic) bond motifs is 5. The summed E-state index contributed by atoms with van der Waals surface area (Å²) in [6.45, 7) is 5.66. The van der Waals surface area contributed by atoms with Crippen LogP contribution in [0.1, 0.15) is 69.9 Å². The third kappa shape index (κ3) is 2.49. The van der Waals surface area contributed by atoms with Crippen molar-refractivity contribution in [1.82, 2.24) is 0 Å². The predicted molar refractivity (Wildman–Crippen MR) is 98.9 cm³/mol. The Kier molecular flexibility index (Phi) is 4.11. The van der Waals surface area contributed by atoms with E-state index in [9.17, 15) is 15.0 Å². The second kappa shape index (κ2) is 5.98. The predicted octanol–water partition coefficient (Wildman–Crippen LogP) is 3.93. The Balaban J connectivity index is 1.70. The summed E-state index contributed by atoms with van der Waals surface area (Å²) in [5.74, 6) is 1.39. The fourth-order valence-corrected chi connectivity index (χ4v) is 6.47. The fourth-order valence-electron chi connectivity index (χ4n) is 6.47. The minimum absolute atomic E-state index is 0.161. The number of aryl methyl sites for hydroxylation is 1. The molecule has 4 nitrogen and oxygen atoms in total. The van der Waals surface area contributed by atoms with Crippen LogP contribution in [-0.4, -0.2) is 27.9 Å². The summed E-state index contributed by atoms with van der Waals surface area (Å²) in [7, 11) is 0. The van der Waals surface area contributed by atoms with Crippen LogP contribution in [0.5, 0.6) is 5.75 Å². The Morgan fingerprint density at radius 2 is 2.12 bits per heavy atom. The van der Waals surface area contributed by atoms with Gasteiger partial charge < -0.3 is 14.9 Å². The molecule has 0 bridgehead atoms. The summed E-state index contributed by atoms with van der Waals surface area (Å²) in [6.07, 6.45) is 4.97. The zero-order chi connectivity index (χ0) is 18.7. The number of ether oxygens (including phenoxy) is 1. The van der Waals surface area contributed by atoms with Gasteiger partial charge in [-0.25, -0.2) is 0 Å². The standard InChI is InChI=1S/C22H30O4/c1-4-22(25)12-19-18-7-5-14-11-15(24)6-8-16(14)17(18)9-10-21(19,3)20(22)26-13(2)23/h6,8,11,17-20,24-25H,4-5,7,9-10,12H2,1-3H3/t17-,18-,19+,20-,21+,22?/m1/s1. The van der Waals surface area contributed by atoms with Crippen LogP contribution in [0.25, 0.3) is 0 Å². The molecule has 0 heterocycles. The molecule has 0 saturated heterocycles. The van der Waals surface area contributed by atoms with Crippen molar-refractivity contribution in [2.75, 3.05) is 0 Å². The van der Waals surface area contributed by atoms with Crippen molar-refractivity contribution >= 4 is 5.97 Å². The largest absolute Gasteiger partial charge is 0.508 e. The van der Waals surface area contributed by atoms with Gasteiger partial charge in [0, 0.05) is 12.3 Å². The van der Waals surface area contributed by atoms with Gasteiger partial charge in [-0.2, -0.15) is 0 Å². The Labute approximate surface area is 155 Å². The fraction of sp³-hybridized carbons (Fsp3) is 0.682. The van der Waals surface area contributed by atoms with Crippen molar-refractivity contribution in [3.05, 3.63) is 29.3 Å². The number of carbonyl (C=O) groups is 1. The van der Waals surface area contributed by atoms with Gasteiger partial charge in [-0.05, 0) is 79.5 Å². The maximum atomic E-state index is 11.7. The molecule has 3 aliphatic carbocycles. The van der Waals surface area contributed by atoms with Gasteiger partial charge in [0.2, 0.25) is 0 Å². The van der Waals surface area contributed by atoms with E-state index in [1.807, 2.05) is 13.0 Å². The normalized spacial score (nSPS) is 41.1. The molecule has 4 rings (SSSR count). The Hall–Kier alpha value is -1.55.